The van der Waals surface area contributed by atoms with Gasteiger partial charge in [-0.15, -0.1) is 12.4 Å². The van der Waals surface area contributed by atoms with Crippen LogP contribution in [-0.4, -0.2) is 11.7 Å². The van der Waals surface area contributed by atoms with Crippen LogP contribution in [0.2, 0.25) is 0 Å². The smallest absolute Gasteiger partial charge is 0.128 e. The van der Waals surface area contributed by atoms with Crippen molar-refractivity contribution in [1.29, 1.82) is 0 Å². The molecule has 5 heteroatoms. The lowest BCUT2D eigenvalue weighted by molar-refractivity contribution is 0.279. The molecule has 86 valence electrons. The summed E-state index contributed by atoms with van der Waals surface area (Å²) < 4.78 is 14.3. The maximum atomic E-state index is 13.3. The largest absolute Gasteiger partial charge is 0.396 e. The molecule has 3 N–H and O–H groups in total. The highest BCUT2D eigenvalue weighted by Gasteiger charge is 2.11. The fourth-order valence-corrected chi connectivity index (χ4v) is 1.78. The second-order valence-electron chi connectivity index (χ2n) is 3.14. The fraction of sp³-hybridized carbons (Fsp3) is 0.400. The van der Waals surface area contributed by atoms with E-state index in [4.69, 9.17) is 10.8 Å². The molecule has 0 saturated carbocycles. The normalized spacial score (nSPS) is 12.0. The third kappa shape index (κ3) is 4.63. The summed E-state index contributed by atoms with van der Waals surface area (Å²) in [6.07, 6.45) is 1.21. The fourth-order valence-electron chi connectivity index (χ4n) is 1.27. The highest BCUT2D eigenvalue weighted by molar-refractivity contribution is 14.1. The van der Waals surface area contributed by atoms with Crippen LogP contribution in [0.1, 0.15) is 24.4 Å². The molecule has 0 aromatic heterocycles. The Morgan fingerprint density at radius 3 is 2.73 bits per heavy atom. The number of rotatable bonds is 4. The zero-order chi connectivity index (χ0) is 10.6. The Bertz CT molecular complexity index is 311. The first-order chi connectivity index (χ1) is 6.65. The van der Waals surface area contributed by atoms with E-state index >= 15 is 0 Å². The van der Waals surface area contributed by atoms with Crippen LogP contribution in [0.15, 0.2) is 18.2 Å². The molecule has 0 aliphatic heterocycles. The molecular formula is C10H14ClFINO. The predicted octanol–water partition coefficient (Wildman–Crippen LogP) is 2.62. The highest BCUT2D eigenvalue weighted by atomic mass is 127. The van der Waals surface area contributed by atoms with E-state index in [1.54, 1.807) is 12.1 Å². The first-order valence-corrected chi connectivity index (χ1v) is 5.54. The Labute approximate surface area is 109 Å². The van der Waals surface area contributed by atoms with Crippen molar-refractivity contribution >= 4 is 35.0 Å². The zero-order valence-electron chi connectivity index (χ0n) is 8.12. The number of benzene rings is 1. The lowest BCUT2D eigenvalue weighted by atomic mass is 10.0. The average molecular weight is 346 g/mol. The molecule has 0 bridgehead atoms. The third-order valence-corrected chi connectivity index (χ3v) is 2.70. The molecule has 1 rings (SSSR count). The maximum absolute atomic E-state index is 13.3. The van der Waals surface area contributed by atoms with Crippen LogP contribution in [-0.2, 0) is 0 Å². The van der Waals surface area contributed by atoms with Crippen molar-refractivity contribution in [3.8, 4) is 0 Å². The quantitative estimate of drug-likeness (QED) is 0.824. The van der Waals surface area contributed by atoms with E-state index in [0.717, 1.165) is 3.57 Å². The first kappa shape index (κ1) is 15.1. The van der Waals surface area contributed by atoms with Gasteiger partial charge >= 0.3 is 0 Å². The molecule has 0 radical (unpaired) electrons. The Hall–Kier alpha value is 0.0900. The topological polar surface area (TPSA) is 46.2 Å². The number of hydrogen-bond donors (Lipinski definition) is 2. The van der Waals surface area contributed by atoms with E-state index in [1.807, 2.05) is 0 Å². The molecular weight excluding hydrogens is 331 g/mol. The summed E-state index contributed by atoms with van der Waals surface area (Å²) in [4.78, 5) is 0. The third-order valence-electron chi connectivity index (χ3n) is 2.03. The van der Waals surface area contributed by atoms with E-state index in [2.05, 4.69) is 22.6 Å². The van der Waals surface area contributed by atoms with E-state index in [9.17, 15) is 4.39 Å². The molecule has 0 aliphatic carbocycles. The zero-order valence-corrected chi connectivity index (χ0v) is 11.1. The number of hydrogen-bond acceptors (Lipinski definition) is 2. The van der Waals surface area contributed by atoms with Gasteiger partial charge in [-0.05, 0) is 53.6 Å². The summed E-state index contributed by atoms with van der Waals surface area (Å²) in [5, 5.41) is 8.64. The monoisotopic (exact) mass is 345 g/mol. The van der Waals surface area contributed by atoms with Gasteiger partial charge in [0, 0.05) is 21.8 Å². The second kappa shape index (κ2) is 7.38. The van der Waals surface area contributed by atoms with Gasteiger partial charge in [0.15, 0.2) is 0 Å². The Morgan fingerprint density at radius 1 is 1.47 bits per heavy atom. The number of halogens is 3. The number of aliphatic hydroxyl groups is 1. The first-order valence-electron chi connectivity index (χ1n) is 4.46. The molecule has 15 heavy (non-hydrogen) atoms. The standard InChI is InChI=1S/C10H13FINO.ClH/c11-9-4-3-7(12)6-8(9)10(13)2-1-5-14;/h3-4,6,10,14H,1-2,5,13H2;1H/t10-;/m0./s1. The highest BCUT2D eigenvalue weighted by Crippen LogP contribution is 2.21. The van der Waals surface area contributed by atoms with E-state index < -0.39 is 0 Å². The molecule has 0 amide bonds. The summed E-state index contributed by atoms with van der Waals surface area (Å²) in [5.41, 5.74) is 6.33. The maximum Gasteiger partial charge on any atom is 0.128 e. The van der Waals surface area contributed by atoms with E-state index in [0.29, 0.717) is 18.4 Å². The predicted molar refractivity (Wildman–Crippen MR) is 69.6 cm³/mol. The van der Waals surface area contributed by atoms with Crippen molar-refractivity contribution in [2.45, 2.75) is 18.9 Å². The molecule has 0 heterocycles. The Kier molecular flexibility index (Phi) is 7.42. The van der Waals surface area contributed by atoms with Crippen LogP contribution in [0.4, 0.5) is 4.39 Å². The summed E-state index contributed by atoms with van der Waals surface area (Å²) in [7, 11) is 0. The van der Waals surface area contributed by atoms with Crippen LogP contribution in [0.5, 0.6) is 0 Å². The van der Waals surface area contributed by atoms with Crippen LogP contribution in [0.3, 0.4) is 0 Å². The van der Waals surface area contributed by atoms with Gasteiger partial charge in [-0.1, -0.05) is 0 Å². The minimum atomic E-state index is -0.322. The van der Waals surface area contributed by atoms with Crippen LogP contribution >= 0.6 is 35.0 Å². The average Bonchev–Trinajstić information content (AvgIpc) is 2.18. The van der Waals surface area contributed by atoms with Gasteiger partial charge in [-0.25, -0.2) is 4.39 Å². The summed E-state index contributed by atoms with van der Waals surface area (Å²) in [6.45, 7) is 0.0965. The van der Waals surface area contributed by atoms with Crippen molar-refractivity contribution < 1.29 is 9.50 Å². The van der Waals surface area contributed by atoms with Crippen LogP contribution in [0, 0.1) is 9.39 Å². The molecule has 0 fully saturated rings. The molecule has 2 nitrogen and oxygen atoms in total. The number of aliphatic hydroxyl groups excluding tert-OH is 1. The van der Waals surface area contributed by atoms with Crippen molar-refractivity contribution in [2.24, 2.45) is 5.73 Å². The Morgan fingerprint density at radius 2 is 2.13 bits per heavy atom. The number of nitrogens with two attached hydrogens (primary N) is 1. The molecule has 0 unspecified atom stereocenters. The summed E-state index contributed by atoms with van der Waals surface area (Å²) in [6, 6.07) is 4.56. The van der Waals surface area contributed by atoms with Crippen molar-refractivity contribution in [3.05, 3.63) is 33.1 Å². The van der Waals surface area contributed by atoms with Gasteiger partial charge in [0.1, 0.15) is 5.82 Å². The molecule has 0 saturated heterocycles. The summed E-state index contributed by atoms with van der Waals surface area (Å²) in [5.74, 6) is -0.268. The lowest BCUT2D eigenvalue weighted by Gasteiger charge is -2.12. The molecule has 1 atom stereocenters. The van der Waals surface area contributed by atoms with Gasteiger partial charge < -0.3 is 10.8 Å². The lowest BCUT2D eigenvalue weighted by Crippen LogP contribution is -2.12. The molecule has 0 spiro atoms. The van der Waals surface area contributed by atoms with Gasteiger partial charge in [0.05, 0.1) is 0 Å². The molecule has 1 aromatic carbocycles. The van der Waals surface area contributed by atoms with Crippen molar-refractivity contribution in [3.63, 3.8) is 0 Å². The SMILES string of the molecule is Cl.N[C@@H](CCCO)c1cc(I)ccc1F. The van der Waals surface area contributed by atoms with Gasteiger partial charge in [-0.2, -0.15) is 0 Å². The van der Waals surface area contributed by atoms with Crippen molar-refractivity contribution in [2.75, 3.05) is 6.61 Å². The van der Waals surface area contributed by atoms with E-state index in [1.165, 1.54) is 6.07 Å². The summed E-state index contributed by atoms with van der Waals surface area (Å²) >= 11 is 2.12. The van der Waals surface area contributed by atoms with Gasteiger partial charge in [-0.3, -0.25) is 0 Å². The minimum absolute atomic E-state index is 0. The van der Waals surface area contributed by atoms with E-state index in [-0.39, 0.29) is 30.9 Å². The van der Waals surface area contributed by atoms with Gasteiger partial charge in [0.2, 0.25) is 0 Å². The van der Waals surface area contributed by atoms with Crippen LogP contribution in [0.25, 0.3) is 0 Å². The molecule has 1 aromatic rings. The molecule has 0 aliphatic rings. The minimum Gasteiger partial charge on any atom is -0.396 e. The second-order valence-corrected chi connectivity index (χ2v) is 4.38. The Balaban J connectivity index is 0.00000196. The van der Waals surface area contributed by atoms with Crippen LogP contribution < -0.4 is 5.73 Å². The van der Waals surface area contributed by atoms with Gasteiger partial charge in [0.25, 0.3) is 0 Å². The van der Waals surface area contributed by atoms with Crippen molar-refractivity contribution in [1.82, 2.24) is 0 Å².